The molecule has 0 radical (unpaired) electrons. The van der Waals surface area contributed by atoms with Crippen molar-refractivity contribution in [3.8, 4) is 11.8 Å². The highest BCUT2D eigenvalue weighted by atomic mass is 32.2. The largest absolute Gasteiger partial charge is 0.384 e. The van der Waals surface area contributed by atoms with Crippen LogP contribution >= 0.6 is 0 Å². The van der Waals surface area contributed by atoms with E-state index in [2.05, 4.69) is 21.9 Å². The van der Waals surface area contributed by atoms with Crippen molar-refractivity contribution in [3.05, 3.63) is 29.8 Å². The second kappa shape index (κ2) is 6.72. The third-order valence-electron chi connectivity index (χ3n) is 2.84. The second-order valence-electron chi connectivity index (χ2n) is 4.65. The quantitative estimate of drug-likeness (QED) is 0.644. The molecule has 2 rings (SSSR count). The highest BCUT2D eigenvalue weighted by Crippen LogP contribution is 2.18. The van der Waals surface area contributed by atoms with Crippen LogP contribution in [0.5, 0.6) is 0 Å². The maximum Gasteiger partial charge on any atom is 0.241 e. The molecule has 0 atom stereocenters. The molecule has 1 aliphatic carbocycles. The fraction of sp³-hybridized carbons (Fsp3) is 0.357. The fourth-order valence-corrected chi connectivity index (χ4v) is 2.59. The first-order chi connectivity index (χ1) is 10.0. The van der Waals surface area contributed by atoms with Gasteiger partial charge in [0.15, 0.2) is 0 Å². The van der Waals surface area contributed by atoms with Gasteiger partial charge in [-0.25, -0.2) is 13.1 Å². The van der Waals surface area contributed by atoms with Crippen molar-refractivity contribution in [2.75, 3.05) is 13.2 Å². The highest BCUT2D eigenvalue weighted by Gasteiger charge is 2.24. The van der Waals surface area contributed by atoms with E-state index in [1.807, 2.05) is 0 Å². The van der Waals surface area contributed by atoms with Gasteiger partial charge in [0.25, 0.3) is 0 Å². The molecule has 0 unspecified atom stereocenters. The van der Waals surface area contributed by atoms with Crippen LogP contribution in [0.3, 0.4) is 0 Å². The van der Waals surface area contributed by atoms with Gasteiger partial charge in [0, 0.05) is 11.6 Å². The molecule has 1 amide bonds. The number of aliphatic hydroxyl groups is 1. The SMILES string of the molecule is O=C(CNS(=O)(=O)c1ccc(C#CCO)cc1)NC1CC1. The smallest absolute Gasteiger partial charge is 0.241 e. The first kappa shape index (κ1) is 15.5. The Morgan fingerprint density at radius 1 is 1.29 bits per heavy atom. The normalized spacial score (nSPS) is 14.1. The lowest BCUT2D eigenvalue weighted by Gasteiger charge is -2.07. The molecule has 0 bridgehead atoms. The summed E-state index contributed by atoms with van der Waals surface area (Å²) in [7, 11) is -3.72. The fourth-order valence-electron chi connectivity index (χ4n) is 1.61. The zero-order valence-corrected chi connectivity index (χ0v) is 12.1. The molecule has 1 aromatic rings. The molecule has 0 heterocycles. The first-order valence-electron chi connectivity index (χ1n) is 6.50. The minimum Gasteiger partial charge on any atom is -0.384 e. The molecule has 0 saturated heterocycles. The summed E-state index contributed by atoms with van der Waals surface area (Å²) in [4.78, 5) is 11.5. The van der Waals surface area contributed by atoms with Gasteiger partial charge in [0.2, 0.25) is 15.9 Å². The molecule has 0 aliphatic heterocycles. The highest BCUT2D eigenvalue weighted by molar-refractivity contribution is 7.89. The lowest BCUT2D eigenvalue weighted by Crippen LogP contribution is -2.37. The Labute approximate surface area is 123 Å². The zero-order valence-electron chi connectivity index (χ0n) is 11.3. The number of carbonyl (C=O) groups is 1. The van der Waals surface area contributed by atoms with Crippen molar-refractivity contribution in [2.24, 2.45) is 0 Å². The van der Waals surface area contributed by atoms with Gasteiger partial charge in [-0.1, -0.05) is 11.8 Å². The summed E-state index contributed by atoms with van der Waals surface area (Å²) in [5, 5.41) is 11.3. The number of hydrogen-bond donors (Lipinski definition) is 3. The number of benzene rings is 1. The van der Waals surface area contributed by atoms with Crippen LogP contribution in [0, 0.1) is 11.8 Å². The molecule has 1 saturated carbocycles. The summed E-state index contributed by atoms with van der Waals surface area (Å²) in [6, 6.07) is 6.10. The molecular formula is C14H16N2O4S. The van der Waals surface area contributed by atoms with Crippen molar-refractivity contribution < 1.29 is 18.3 Å². The third-order valence-corrected chi connectivity index (χ3v) is 4.26. The maximum absolute atomic E-state index is 12.0. The molecule has 112 valence electrons. The molecule has 1 fully saturated rings. The van der Waals surface area contributed by atoms with Crippen LogP contribution in [-0.2, 0) is 14.8 Å². The molecule has 3 N–H and O–H groups in total. The second-order valence-corrected chi connectivity index (χ2v) is 6.42. The lowest BCUT2D eigenvalue weighted by molar-refractivity contribution is -0.120. The van der Waals surface area contributed by atoms with Crippen LogP contribution in [0.15, 0.2) is 29.2 Å². The van der Waals surface area contributed by atoms with Crippen LogP contribution in [0.2, 0.25) is 0 Å². The Bertz CT molecular complexity index is 667. The summed E-state index contributed by atoms with van der Waals surface area (Å²) in [5.41, 5.74) is 0.606. The molecule has 0 spiro atoms. The number of amides is 1. The molecule has 21 heavy (non-hydrogen) atoms. The Hall–Kier alpha value is -1.88. The minimum absolute atomic E-state index is 0.0660. The molecule has 1 aromatic carbocycles. The Balaban J connectivity index is 1.96. The average Bonchev–Trinajstić information content (AvgIpc) is 3.27. The van der Waals surface area contributed by atoms with Gasteiger partial charge >= 0.3 is 0 Å². The summed E-state index contributed by atoms with van der Waals surface area (Å²) in [6.07, 6.45) is 1.91. The number of carbonyl (C=O) groups excluding carboxylic acids is 1. The summed E-state index contributed by atoms with van der Waals surface area (Å²) < 4.78 is 26.2. The van der Waals surface area contributed by atoms with Crippen molar-refractivity contribution in [1.29, 1.82) is 0 Å². The average molecular weight is 308 g/mol. The van der Waals surface area contributed by atoms with Crippen molar-refractivity contribution in [3.63, 3.8) is 0 Å². The number of sulfonamides is 1. The number of rotatable bonds is 5. The molecule has 7 heteroatoms. The topological polar surface area (TPSA) is 95.5 Å². The van der Waals surface area contributed by atoms with Gasteiger partial charge < -0.3 is 10.4 Å². The summed E-state index contributed by atoms with van der Waals surface area (Å²) >= 11 is 0. The minimum atomic E-state index is -3.72. The summed E-state index contributed by atoms with van der Waals surface area (Å²) in [5.74, 6) is 4.82. The monoisotopic (exact) mass is 308 g/mol. The standard InChI is InChI=1S/C14H16N2O4S/c17-9-1-2-11-3-7-13(8-4-11)21(19,20)15-10-14(18)16-12-5-6-12/h3-4,7-8,12,15,17H,5-6,9-10H2,(H,16,18). The van der Waals surface area contributed by atoms with E-state index in [1.54, 1.807) is 12.1 Å². The van der Waals surface area contributed by atoms with Crippen LogP contribution in [0.4, 0.5) is 0 Å². The van der Waals surface area contributed by atoms with Crippen LogP contribution in [-0.4, -0.2) is 38.6 Å². The van der Waals surface area contributed by atoms with Crippen LogP contribution < -0.4 is 10.0 Å². The molecule has 6 nitrogen and oxygen atoms in total. The first-order valence-corrected chi connectivity index (χ1v) is 7.98. The number of nitrogens with one attached hydrogen (secondary N) is 2. The van der Waals surface area contributed by atoms with E-state index in [-0.39, 0.29) is 30.0 Å². The van der Waals surface area contributed by atoms with E-state index >= 15 is 0 Å². The predicted molar refractivity (Wildman–Crippen MR) is 76.8 cm³/mol. The van der Waals surface area contributed by atoms with Gasteiger partial charge in [-0.15, -0.1) is 0 Å². The molecule has 1 aliphatic rings. The third kappa shape index (κ3) is 4.86. The zero-order chi connectivity index (χ0) is 15.3. The van der Waals surface area contributed by atoms with E-state index in [0.717, 1.165) is 12.8 Å². The Morgan fingerprint density at radius 3 is 2.52 bits per heavy atom. The van der Waals surface area contributed by atoms with E-state index in [9.17, 15) is 13.2 Å². The van der Waals surface area contributed by atoms with Crippen molar-refractivity contribution in [2.45, 2.75) is 23.8 Å². The number of aliphatic hydroxyl groups excluding tert-OH is 1. The van der Waals surface area contributed by atoms with Crippen LogP contribution in [0.25, 0.3) is 0 Å². The molecule has 0 aromatic heterocycles. The Kier molecular flexibility index (Phi) is 4.96. The van der Waals surface area contributed by atoms with Gasteiger partial charge in [0.1, 0.15) is 6.61 Å². The summed E-state index contributed by atoms with van der Waals surface area (Å²) in [6.45, 7) is -0.525. The van der Waals surface area contributed by atoms with Gasteiger partial charge in [-0.2, -0.15) is 0 Å². The van der Waals surface area contributed by atoms with E-state index in [0.29, 0.717) is 5.56 Å². The molecular weight excluding hydrogens is 292 g/mol. The van der Waals surface area contributed by atoms with E-state index < -0.39 is 10.0 Å². The van der Waals surface area contributed by atoms with Crippen molar-refractivity contribution >= 4 is 15.9 Å². The van der Waals surface area contributed by atoms with E-state index in [4.69, 9.17) is 5.11 Å². The van der Waals surface area contributed by atoms with Gasteiger partial charge in [0.05, 0.1) is 11.4 Å². The van der Waals surface area contributed by atoms with Crippen molar-refractivity contribution in [1.82, 2.24) is 10.0 Å². The maximum atomic E-state index is 12.0. The van der Waals surface area contributed by atoms with Gasteiger partial charge in [-0.3, -0.25) is 4.79 Å². The number of hydrogen-bond acceptors (Lipinski definition) is 4. The van der Waals surface area contributed by atoms with Crippen LogP contribution in [0.1, 0.15) is 18.4 Å². The van der Waals surface area contributed by atoms with E-state index in [1.165, 1.54) is 12.1 Å². The lowest BCUT2D eigenvalue weighted by atomic mass is 10.2. The Morgan fingerprint density at radius 2 is 1.95 bits per heavy atom. The van der Waals surface area contributed by atoms with Gasteiger partial charge in [-0.05, 0) is 37.1 Å². The predicted octanol–water partition coefficient (Wildman–Crippen LogP) is -0.413.